The van der Waals surface area contributed by atoms with Crippen LogP contribution in [-0.2, 0) is 6.42 Å². The minimum absolute atomic E-state index is 0.264. The van der Waals surface area contributed by atoms with E-state index in [2.05, 4.69) is 9.97 Å². The van der Waals surface area contributed by atoms with Crippen molar-refractivity contribution in [3.8, 4) is 5.75 Å². The maximum Gasteiger partial charge on any atom is 0.364 e. The van der Waals surface area contributed by atoms with Crippen LogP contribution >= 0.6 is 0 Å². The first-order valence-corrected chi connectivity index (χ1v) is 7.55. The lowest BCUT2D eigenvalue weighted by molar-refractivity contribution is 0.414. The molecule has 0 unspecified atom stereocenters. The number of benzene rings is 2. The maximum absolute atomic E-state index is 12.2. The Morgan fingerprint density at radius 2 is 1.83 bits per heavy atom. The predicted octanol–water partition coefficient (Wildman–Crippen LogP) is 3.34. The van der Waals surface area contributed by atoms with Crippen LogP contribution in [0.15, 0.2) is 63.9 Å². The first-order chi connectivity index (χ1) is 11.7. The van der Waals surface area contributed by atoms with Crippen LogP contribution in [-0.4, -0.2) is 17.1 Å². The molecule has 2 aromatic heterocycles. The third-order valence-corrected chi connectivity index (χ3v) is 3.90. The molecule has 0 fully saturated rings. The van der Waals surface area contributed by atoms with E-state index in [1.165, 1.54) is 0 Å². The summed E-state index contributed by atoms with van der Waals surface area (Å²) in [6.45, 7) is 0. The average molecular weight is 318 g/mol. The molecule has 118 valence electrons. The number of hydrogen-bond acceptors (Lipinski definition) is 5. The van der Waals surface area contributed by atoms with Gasteiger partial charge in [0.1, 0.15) is 16.8 Å². The number of nitrogens with zero attached hydrogens (tertiary/aromatic N) is 2. The summed E-state index contributed by atoms with van der Waals surface area (Å²) < 4.78 is 10.5. The SMILES string of the molecule is COc1ccc(Cc2cnc3c(n2)c(=O)oc2ccccc23)cc1. The van der Waals surface area contributed by atoms with E-state index < -0.39 is 5.63 Å². The van der Waals surface area contributed by atoms with Gasteiger partial charge in [0.25, 0.3) is 0 Å². The van der Waals surface area contributed by atoms with Crippen LogP contribution in [0.4, 0.5) is 0 Å². The van der Waals surface area contributed by atoms with Gasteiger partial charge < -0.3 is 9.15 Å². The molecule has 4 aromatic rings. The zero-order valence-electron chi connectivity index (χ0n) is 13.0. The summed E-state index contributed by atoms with van der Waals surface area (Å²) >= 11 is 0. The largest absolute Gasteiger partial charge is 0.497 e. The molecule has 0 amide bonds. The minimum Gasteiger partial charge on any atom is -0.497 e. The molecule has 5 heteroatoms. The first kappa shape index (κ1) is 14.4. The molecule has 24 heavy (non-hydrogen) atoms. The van der Waals surface area contributed by atoms with E-state index in [9.17, 15) is 4.79 Å². The van der Waals surface area contributed by atoms with Gasteiger partial charge in [0.2, 0.25) is 0 Å². The number of methoxy groups -OCH3 is 1. The van der Waals surface area contributed by atoms with Crippen LogP contribution in [0, 0.1) is 0 Å². The molecule has 0 aliphatic rings. The summed E-state index contributed by atoms with van der Waals surface area (Å²) in [4.78, 5) is 21.1. The highest BCUT2D eigenvalue weighted by Gasteiger charge is 2.11. The monoisotopic (exact) mass is 318 g/mol. The van der Waals surface area contributed by atoms with Gasteiger partial charge in [-0.15, -0.1) is 0 Å². The molecule has 0 atom stereocenters. The summed E-state index contributed by atoms with van der Waals surface area (Å²) in [6, 6.07) is 15.1. The summed E-state index contributed by atoms with van der Waals surface area (Å²) in [7, 11) is 1.63. The van der Waals surface area contributed by atoms with Gasteiger partial charge in [0.05, 0.1) is 12.8 Å². The quantitative estimate of drug-likeness (QED) is 0.428. The smallest absolute Gasteiger partial charge is 0.364 e. The molecule has 0 saturated heterocycles. The summed E-state index contributed by atoms with van der Waals surface area (Å²) in [6.07, 6.45) is 2.29. The van der Waals surface area contributed by atoms with Gasteiger partial charge in [-0.25, -0.2) is 9.78 Å². The van der Waals surface area contributed by atoms with Gasteiger partial charge in [-0.1, -0.05) is 24.3 Å². The lowest BCUT2D eigenvalue weighted by Crippen LogP contribution is -2.06. The Morgan fingerprint density at radius 3 is 2.62 bits per heavy atom. The lowest BCUT2D eigenvalue weighted by Gasteiger charge is -2.05. The van der Waals surface area contributed by atoms with Gasteiger partial charge in [-0.3, -0.25) is 4.98 Å². The summed E-state index contributed by atoms with van der Waals surface area (Å²) in [5, 5.41) is 0.788. The Hall–Kier alpha value is -3.21. The second-order valence-electron chi connectivity index (χ2n) is 5.47. The van der Waals surface area contributed by atoms with Crippen LogP contribution in [0.3, 0.4) is 0 Å². The van der Waals surface area contributed by atoms with E-state index in [0.29, 0.717) is 17.5 Å². The van der Waals surface area contributed by atoms with Crippen molar-refractivity contribution in [2.75, 3.05) is 7.11 Å². The fraction of sp³-hybridized carbons (Fsp3) is 0.105. The van der Waals surface area contributed by atoms with E-state index in [4.69, 9.17) is 9.15 Å². The van der Waals surface area contributed by atoms with E-state index in [1.807, 2.05) is 42.5 Å². The highest BCUT2D eigenvalue weighted by atomic mass is 16.5. The van der Waals surface area contributed by atoms with E-state index in [0.717, 1.165) is 22.4 Å². The molecule has 0 bridgehead atoms. The fourth-order valence-electron chi connectivity index (χ4n) is 2.70. The molecule has 4 rings (SSSR count). The van der Waals surface area contributed by atoms with Crippen molar-refractivity contribution in [3.63, 3.8) is 0 Å². The molecular formula is C19H14N2O3. The number of ether oxygens (including phenoxy) is 1. The third-order valence-electron chi connectivity index (χ3n) is 3.90. The van der Waals surface area contributed by atoms with Crippen molar-refractivity contribution >= 4 is 22.0 Å². The van der Waals surface area contributed by atoms with E-state index in [-0.39, 0.29) is 5.52 Å². The van der Waals surface area contributed by atoms with Crippen molar-refractivity contribution in [2.24, 2.45) is 0 Å². The zero-order valence-corrected chi connectivity index (χ0v) is 13.0. The molecule has 0 aliphatic carbocycles. The molecule has 5 nitrogen and oxygen atoms in total. The zero-order chi connectivity index (χ0) is 16.5. The Labute approximate surface area is 137 Å². The van der Waals surface area contributed by atoms with Crippen molar-refractivity contribution in [1.29, 1.82) is 0 Å². The van der Waals surface area contributed by atoms with Gasteiger partial charge in [0, 0.05) is 18.0 Å². The maximum atomic E-state index is 12.2. The van der Waals surface area contributed by atoms with Crippen molar-refractivity contribution in [3.05, 3.63) is 76.4 Å². The van der Waals surface area contributed by atoms with Crippen LogP contribution in [0.5, 0.6) is 5.75 Å². The van der Waals surface area contributed by atoms with Gasteiger partial charge >= 0.3 is 5.63 Å². The normalized spacial score (nSPS) is 11.0. The van der Waals surface area contributed by atoms with Gasteiger partial charge in [0.15, 0.2) is 5.52 Å². The van der Waals surface area contributed by atoms with E-state index >= 15 is 0 Å². The minimum atomic E-state index is -0.465. The molecule has 2 heterocycles. The lowest BCUT2D eigenvalue weighted by atomic mass is 10.1. The predicted molar refractivity (Wildman–Crippen MR) is 91.4 cm³/mol. The first-order valence-electron chi connectivity index (χ1n) is 7.55. The summed E-state index contributed by atoms with van der Waals surface area (Å²) in [5.41, 5.74) is 2.67. The van der Waals surface area contributed by atoms with Crippen molar-refractivity contribution in [1.82, 2.24) is 9.97 Å². The number of para-hydroxylation sites is 1. The van der Waals surface area contributed by atoms with Crippen LogP contribution < -0.4 is 10.4 Å². The molecule has 0 spiro atoms. The Bertz CT molecular complexity index is 1090. The molecule has 2 aromatic carbocycles. The second-order valence-corrected chi connectivity index (χ2v) is 5.47. The van der Waals surface area contributed by atoms with Crippen LogP contribution in [0.25, 0.3) is 22.0 Å². The summed E-state index contributed by atoms with van der Waals surface area (Å²) in [5.74, 6) is 0.801. The molecule has 0 aliphatic heterocycles. The van der Waals surface area contributed by atoms with Gasteiger partial charge in [-0.05, 0) is 29.8 Å². The van der Waals surface area contributed by atoms with Crippen LogP contribution in [0.1, 0.15) is 11.3 Å². The molecule has 0 saturated carbocycles. The number of aromatic nitrogens is 2. The third kappa shape index (κ3) is 2.50. The second kappa shape index (κ2) is 5.77. The Morgan fingerprint density at radius 1 is 1.04 bits per heavy atom. The molecular weight excluding hydrogens is 304 g/mol. The highest BCUT2D eigenvalue weighted by molar-refractivity contribution is 5.99. The fourth-order valence-corrected chi connectivity index (χ4v) is 2.70. The van der Waals surface area contributed by atoms with Gasteiger partial charge in [-0.2, -0.15) is 0 Å². The Kier molecular flexibility index (Phi) is 3.46. The molecule has 0 N–H and O–H groups in total. The number of fused-ring (bicyclic) bond motifs is 3. The van der Waals surface area contributed by atoms with Crippen molar-refractivity contribution < 1.29 is 9.15 Å². The number of hydrogen-bond donors (Lipinski definition) is 0. The number of rotatable bonds is 3. The highest BCUT2D eigenvalue weighted by Crippen LogP contribution is 2.20. The average Bonchev–Trinajstić information content (AvgIpc) is 2.63. The Balaban J connectivity index is 1.79. The van der Waals surface area contributed by atoms with Crippen LogP contribution in [0.2, 0.25) is 0 Å². The van der Waals surface area contributed by atoms with E-state index in [1.54, 1.807) is 19.4 Å². The van der Waals surface area contributed by atoms with Crippen molar-refractivity contribution in [2.45, 2.75) is 6.42 Å². The topological polar surface area (TPSA) is 65.2 Å². The molecule has 0 radical (unpaired) electrons. The standard InChI is InChI=1S/C19H14N2O3/c1-23-14-8-6-12(7-9-14)10-13-11-20-17-15-4-2-3-5-16(15)24-19(22)18(17)21-13/h2-9,11H,10H2,1H3.